The first-order valence-corrected chi connectivity index (χ1v) is 5.51. The average molecular weight is 206 g/mol. The fourth-order valence-corrected chi connectivity index (χ4v) is 2.10. The Morgan fingerprint density at radius 2 is 2.27 bits per heavy atom. The van der Waals surface area contributed by atoms with Crippen LogP contribution in [0.15, 0.2) is 6.07 Å². The minimum absolute atomic E-state index is 0.601. The van der Waals surface area contributed by atoms with Crippen LogP contribution in [0.3, 0.4) is 0 Å². The summed E-state index contributed by atoms with van der Waals surface area (Å²) in [6, 6.07) is 2.62. The maximum Gasteiger partial charge on any atom is 0.134 e. The monoisotopic (exact) mass is 206 g/mol. The van der Waals surface area contributed by atoms with Crippen LogP contribution in [-0.2, 0) is 0 Å². The highest BCUT2D eigenvalue weighted by molar-refractivity contribution is 5.50. The van der Waals surface area contributed by atoms with Gasteiger partial charge in [-0.05, 0) is 26.7 Å². The number of aryl methyl sites for hydroxylation is 1. The number of nitrogens with zero attached hydrogens (tertiary/aromatic N) is 3. The summed E-state index contributed by atoms with van der Waals surface area (Å²) in [6.07, 6.45) is 2.52. The normalized spacial score (nSPS) is 20.7. The minimum atomic E-state index is 0.601. The first-order valence-electron chi connectivity index (χ1n) is 5.51. The van der Waals surface area contributed by atoms with Crippen molar-refractivity contribution in [3.63, 3.8) is 0 Å². The third kappa shape index (κ3) is 2.03. The van der Waals surface area contributed by atoms with Crippen LogP contribution < -0.4 is 10.2 Å². The third-order valence-electron chi connectivity index (χ3n) is 2.93. The second-order valence-electron chi connectivity index (χ2n) is 4.09. The van der Waals surface area contributed by atoms with E-state index in [0.717, 1.165) is 24.0 Å². The maximum absolute atomic E-state index is 4.49. The standard InChI is InChI=1S/C11H18N4/c1-8-5-4-6-15(8)11-7-10(12-3)13-9(2)14-11/h7-8H,4-6H2,1-3H3,(H,12,13,14). The molecule has 0 aliphatic carbocycles. The highest BCUT2D eigenvalue weighted by Crippen LogP contribution is 2.24. The Morgan fingerprint density at radius 1 is 1.47 bits per heavy atom. The average Bonchev–Trinajstić information content (AvgIpc) is 2.63. The van der Waals surface area contributed by atoms with Crippen molar-refractivity contribution in [2.24, 2.45) is 0 Å². The van der Waals surface area contributed by atoms with Crippen molar-refractivity contribution in [3.8, 4) is 0 Å². The fourth-order valence-electron chi connectivity index (χ4n) is 2.10. The highest BCUT2D eigenvalue weighted by Gasteiger charge is 2.22. The van der Waals surface area contributed by atoms with E-state index in [-0.39, 0.29) is 0 Å². The molecule has 0 radical (unpaired) electrons. The Morgan fingerprint density at radius 3 is 2.87 bits per heavy atom. The van der Waals surface area contributed by atoms with E-state index in [1.54, 1.807) is 0 Å². The molecule has 1 atom stereocenters. The van der Waals surface area contributed by atoms with Crippen molar-refractivity contribution in [2.45, 2.75) is 32.7 Å². The summed E-state index contributed by atoms with van der Waals surface area (Å²) in [7, 11) is 1.89. The molecule has 4 heteroatoms. The largest absolute Gasteiger partial charge is 0.373 e. The van der Waals surface area contributed by atoms with Crippen molar-refractivity contribution >= 4 is 11.6 Å². The molecule has 0 aromatic carbocycles. The number of nitrogens with one attached hydrogen (secondary N) is 1. The molecule has 1 aliphatic rings. The Bertz CT molecular complexity index is 350. The molecule has 1 N–H and O–H groups in total. The van der Waals surface area contributed by atoms with Gasteiger partial charge in [0.25, 0.3) is 0 Å². The maximum atomic E-state index is 4.49. The second-order valence-corrected chi connectivity index (χ2v) is 4.09. The van der Waals surface area contributed by atoms with Crippen molar-refractivity contribution in [3.05, 3.63) is 11.9 Å². The molecule has 2 rings (SSSR count). The molecule has 1 aromatic heterocycles. The SMILES string of the molecule is CNc1cc(N2CCCC2C)nc(C)n1. The molecular weight excluding hydrogens is 188 g/mol. The number of rotatable bonds is 2. The molecule has 1 fully saturated rings. The molecular formula is C11H18N4. The fraction of sp³-hybridized carbons (Fsp3) is 0.636. The van der Waals surface area contributed by atoms with E-state index in [1.807, 2.05) is 20.0 Å². The van der Waals surface area contributed by atoms with Gasteiger partial charge in [-0.2, -0.15) is 0 Å². The summed E-state index contributed by atoms with van der Waals surface area (Å²) in [5.74, 6) is 2.78. The van der Waals surface area contributed by atoms with Crippen LogP contribution in [0.4, 0.5) is 11.6 Å². The van der Waals surface area contributed by atoms with Crippen LogP contribution in [0.25, 0.3) is 0 Å². The first kappa shape index (κ1) is 10.2. The van der Waals surface area contributed by atoms with Crippen LogP contribution in [0.1, 0.15) is 25.6 Å². The van der Waals surface area contributed by atoms with Gasteiger partial charge in [-0.15, -0.1) is 0 Å². The smallest absolute Gasteiger partial charge is 0.134 e. The van der Waals surface area contributed by atoms with Gasteiger partial charge in [-0.3, -0.25) is 0 Å². The number of aromatic nitrogens is 2. The Hall–Kier alpha value is -1.32. The van der Waals surface area contributed by atoms with Crippen LogP contribution in [0, 0.1) is 6.92 Å². The van der Waals surface area contributed by atoms with E-state index in [1.165, 1.54) is 12.8 Å². The molecule has 0 saturated carbocycles. The lowest BCUT2D eigenvalue weighted by Crippen LogP contribution is -2.27. The van der Waals surface area contributed by atoms with Crippen molar-refractivity contribution in [1.29, 1.82) is 0 Å². The van der Waals surface area contributed by atoms with E-state index in [4.69, 9.17) is 0 Å². The van der Waals surface area contributed by atoms with Gasteiger partial charge in [0.1, 0.15) is 17.5 Å². The summed E-state index contributed by atoms with van der Waals surface area (Å²) < 4.78 is 0. The van der Waals surface area contributed by atoms with Crippen LogP contribution in [0.5, 0.6) is 0 Å². The third-order valence-corrected chi connectivity index (χ3v) is 2.93. The zero-order valence-electron chi connectivity index (χ0n) is 9.62. The Balaban J connectivity index is 2.30. The van der Waals surface area contributed by atoms with E-state index in [0.29, 0.717) is 6.04 Å². The van der Waals surface area contributed by atoms with Crippen LogP contribution >= 0.6 is 0 Å². The quantitative estimate of drug-likeness (QED) is 0.801. The summed E-state index contributed by atoms with van der Waals surface area (Å²) in [4.78, 5) is 11.1. The summed E-state index contributed by atoms with van der Waals surface area (Å²) in [5.41, 5.74) is 0. The van der Waals surface area contributed by atoms with E-state index in [9.17, 15) is 0 Å². The summed E-state index contributed by atoms with van der Waals surface area (Å²) >= 11 is 0. The van der Waals surface area contributed by atoms with Crippen molar-refractivity contribution < 1.29 is 0 Å². The molecule has 1 aliphatic heterocycles. The van der Waals surface area contributed by atoms with E-state index < -0.39 is 0 Å². The van der Waals surface area contributed by atoms with Gasteiger partial charge in [0.05, 0.1) is 0 Å². The Labute approximate surface area is 90.7 Å². The topological polar surface area (TPSA) is 41.0 Å². The van der Waals surface area contributed by atoms with Gasteiger partial charge in [0.15, 0.2) is 0 Å². The van der Waals surface area contributed by atoms with Crippen LogP contribution in [-0.4, -0.2) is 29.6 Å². The van der Waals surface area contributed by atoms with Gasteiger partial charge >= 0.3 is 0 Å². The lowest BCUT2D eigenvalue weighted by molar-refractivity contribution is 0.724. The van der Waals surface area contributed by atoms with Crippen LogP contribution in [0.2, 0.25) is 0 Å². The van der Waals surface area contributed by atoms with Crippen molar-refractivity contribution in [2.75, 3.05) is 23.8 Å². The lowest BCUT2D eigenvalue weighted by atomic mass is 10.2. The first-order chi connectivity index (χ1) is 7.20. The van der Waals surface area contributed by atoms with Gasteiger partial charge in [0, 0.05) is 25.7 Å². The molecule has 1 saturated heterocycles. The Kier molecular flexibility index (Phi) is 2.75. The zero-order valence-corrected chi connectivity index (χ0v) is 9.62. The molecule has 0 amide bonds. The number of anilines is 2. The highest BCUT2D eigenvalue weighted by atomic mass is 15.2. The zero-order chi connectivity index (χ0) is 10.8. The predicted octanol–water partition coefficient (Wildman–Crippen LogP) is 1.82. The summed E-state index contributed by atoms with van der Waals surface area (Å²) in [6.45, 7) is 5.30. The van der Waals surface area contributed by atoms with Gasteiger partial charge in [-0.25, -0.2) is 9.97 Å². The molecule has 4 nitrogen and oxygen atoms in total. The molecule has 82 valence electrons. The number of hydrogen-bond donors (Lipinski definition) is 1. The van der Waals surface area contributed by atoms with E-state index in [2.05, 4.69) is 27.1 Å². The van der Waals surface area contributed by atoms with Gasteiger partial charge in [0.2, 0.25) is 0 Å². The lowest BCUT2D eigenvalue weighted by Gasteiger charge is -2.23. The molecule has 15 heavy (non-hydrogen) atoms. The van der Waals surface area contributed by atoms with Gasteiger partial charge < -0.3 is 10.2 Å². The van der Waals surface area contributed by atoms with Gasteiger partial charge in [-0.1, -0.05) is 0 Å². The molecule has 2 heterocycles. The van der Waals surface area contributed by atoms with E-state index >= 15 is 0 Å². The predicted molar refractivity (Wildman–Crippen MR) is 62.4 cm³/mol. The summed E-state index contributed by atoms with van der Waals surface area (Å²) in [5, 5.41) is 3.07. The minimum Gasteiger partial charge on any atom is -0.373 e. The molecule has 0 bridgehead atoms. The number of hydrogen-bond acceptors (Lipinski definition) is 4. The van der Waals surface area contributed by atoms with Crippen molar-refractivity contribution in [1.82, 2.24) is 9.97 Å². The molecule has 0 spiro atoms. The second kappa shape index (κ2) is 4.04. The molecule has 1 unspecified atom stereocenters. The molecule has 1 aromatic rings.